The maximum atomic E-state index is 10.7. The maximum Gasteiger partial charge on any atom is 0.407 e. The Bertz CT molecular complexity index is 216. The second-order valence-electron chi connectivity index (χ2n) is 2.35. The van der Waals surface area contributed by atoms with Gasteiger partial charge in [-0.1, -0.05) is 6.08 Å². The molecule has 0 radical (unpaired) electrons. The number of ether oxygens (including phenoxy) is 2. The van der Waals surface area contributed by atoms with E-state index in [0.717, 1.165) is 7.11 Å². The third kappa shape index (κ3) is 5.15. The highest BCUT2D eigenvalue weighted by molar-refractivity contribution is 5.79. The van der Waals surface area contributed by atoms with Gasteiger partial charge in [0.05, 0.1) is 20.3 Å². The van der Waals surface area contributed by atoms with Crippen LogP contribution >= 0.6 is 0 Å². The van der Waals surface area contributed by atoms with Crippen molar-refractivity contribution < 1.29 is 24.2 Å². The Morgan fingerprint density at radius 3 is 2.71 bits per heavy atom. The minimum absolute atomic E-state index is 0.129. The van der Waals surface area contributed by atoms with Crippen molar-refractivity contribution in [2.45, 2.75) is 6.04 Å². The van der Waals surface area contributed by atoms with Crippen molar-refractivity contribution in [3.05, 3.63) is 12.7 Å². The molecule has 80 valence electrons. The molecule has 0 aliphatic carbocycles. The van der Waals surface area contributed by atoms with E-state index >= 15 is 0 Å². The molecule has 0 bridgehead atoms. The Balaban J connectivity index is 3.95. The molecule has 2 N–H and O–H groups in total. The van der Waals surface area contributed by atoms with Gasteiger partial charge in [0.1, 0.15) is 0 Å². The molecule has 0 saturated heterocycles. The first-order chi connectivity index (χ1) is 6.61. The summed E-state index contributed by atoms with van der Waals surface area (Å²) >= 11 is 0. The SMILES string of the molecule is C=CCOC[C@H](NC(=O)OC)C(=O)O. The van der Waals surface area contributed by atoms with Gasteiger partial charge in [-0.2, -0.15) is 0 Å². The first-order valence-electron chi connectivity index (χ1n) is 3.87. The number of aliphatic carboxylic acids is 1. The van der Waals surface area contributed by atoms with Crippen molar-refractivity contribution in [2.75, 3.05) is 20.3 Å². The van der Waals surface area contributed by atoms with Gasteiger partial charge in [0.15, 0.2) is 6.04 Å². The van der Waals surface area contributed by atoms with E-state index < -0.39 is 18.1 Å². The molecular formula is C8H13NO5. The minimum atomic E-state index is -1.18. The Hall–Kier alpha value is -1.56. The van der Waals surface area contributed by atoms with Gasteiger partial charge < -0.3 is 19.9 Å². The Labute approximate surface area is 81.5 Å². The molecule has 0 unspecified atom stereocenters. The summed E-state index contributed by atoms with van der Waals surface area (Å²) in [5, 5.41) is 10.7. The average molecular weight is 203 g/mol. The number of methoxy groups -OCH3 is 1. The standard InChI is InChI=1S/C8H13NO5/c1-3-4-14-5-6(7(10)11)9-8(12)13-2/h3,6H,1,4-5H2,2H3,(H,9,12)(H,10,11)/t6-/m0/s1. The summed E-state index contributed by atoms with van der Waals surface area (Å²) in [6.45, 7) is 3.50. The van der Waals surface area contributed by atoms with Gasteiger partial charge in [0, 0.05) is 0 Å². The van der Waals surface area contributed by atoms with Crippen LogP contribution in [0.4, 0.5) is 4.79 Å². The van der Waals surface area contributed by atoms with Crippen molar-refractivity contribution in [3.63, 3.8) is 0 Å². The number of carbonyl (C=O) groups is 2. The number of carboxylic acid groups (broad SMARTS) is 1. The lowest BCUT2D eigenvalue weighted by molar-refractivity contribution is -0.140. The topological polar surface area (TPSA) is 84.9 Å². The van der Waals surface area contributed by atoms with Crippen LogP contribution < -0.4 is 5.32 Å². The molecule has 0 aromatic heterocycles. The van der Waals surface area contributed by atoms with Gasteiger partial charge in [-0.25, -0.2) is 9.59 Å². The fourth-order valence-corrected chi connectivity index (χ4v) is 0.645. The number of carbonyl (C=O) groups excluding carboxylic acids is 1. The van der Waals surface area contributed by atoms with Crippen LogP contribution in [0.2, 0.25) is 0 Å². The van der Waals surface area contributed by atoms with Crippen molar-refractivity contribution in [1.82, 2.24) is 5.32 Å². The zero-order valence-electron chi connectivity index (χ0n) is 7.86. The van der Waals surface area contributed by atoms with E-state index in [0.29, 0.717) is 0 Å². The van der Waals surface area contributed by atoms with Gasteiger partial charge in [0.25, 0.3) is 0 Å². The van der Waals surface area contributed by atoms with E-state index in [2.05, 4.69) is 16.6 Å². The zero-order valence-corrected chi connectivity index (χ0v) is 7.86. The first-order valence-corrected chi connectivity index (χ1v) is 3.87. The highest BCUT2D eigenvalue weighted by Crippen LogP contribution is 1.88. The van der Waals surface area contributed by atoms with Crippen molar-refractivity contribution in [1.29, 1.82) is 0 Å². The van der Waals surface area contributed by atoms with E-state index in [1.165, 1.54) is 6.08 Å². The lowest BCUT2D eigenvalue weighted by atomic mass is 10.3. The van der Waals surface area contributed by atoms with Crippen molar-refractivity contribution in [2.24, 2.45) is 0 Å². The molecule has 0 aliphatic heterocycles. The van der Waals surface area contributed by atoms with E-state index in [1.54, 1.807) is 0 Å². The molecule has 0 aromatic carbocycles. The summed E-state index contributed by atoms with van der Waals surface area (Å²) in [7, 11) is 1.15. The molecule has 0 aliphatic rings. The first kappa shape index (κ1) is 12.4. The molecule has 0 rings (SSSR count). The number of hydrogen-bond acceptors (Lipinski definition) is 4. The quantitative estimate of drug-likeness (QED) is 0.468. The molecule has 0 saturated carbocycles. The molecule has 14 heavy (non-hydrogen) atoms. The van der Waals surface area contributed by atoms with Crippen molar-refractivity contribution >= 4 is 12.1 Å². The fourth-order valence-electron chi connectivity index (χ4n) is 0.645. The zero-order chi connectivity index (χ0) is 11.0. The van der Waals surface area contributed by atoms with Crippen LogP contribution in [-0.2, 0) is 14.3 Å². The lowest BCUT2D eigenvalue weighted by Gasteiger charge is -2.12. The van der Waals surface area contributed by atoms with Crippen LogP contribution in [0.25, 0.3) is 0 Å². The van der Waals surface area contributed by atoms with Crippen LogP contribution in [0.3, 0.4) is 0 Å². The molecule has 0 aromatic rings. The van der Waals surface area contributed by atoms with E-state index in [9.17, 15) is 9.59 Å². The van der Waals surface area contributed by atoms with Crippen LogP contribution in [0.15, 0.2) is 12.7 Å². The van der Waals surface area contributed by atoms with Crippen LogP contribution in [0, 0.1) is 0 Å². The maximum absolute atomic E-state index is 10.7. The van der Waals surface area contributed by atoms with Crippen molar-refractivity contribution in [3.8, 4) is 0 Å². The van der Waals surface area contributed by atoms with Gasteiger partial charge in [-0.3, -0.25) is 0 Å². The second-order valence-corrected chi connectivity index (χ2v) is 2.35. The summed E-state index contributed by atoms with van der Waals surface area (Å²) in [5.41, 5.74) is 0. The monoisotopic (exact) mass is 203 g/mol. The summed E-state index contributed by atoms with van der Waals surface area (Å²) in [6, 6.07) is -1.11. The molecule has 6 nitrogen and oxygen atoms in total. The molecule has 0 fully saturated rings. The number of rotatable bonds is 6. The summed E-state index contributed by atoms with van der Waals surface area (Å²) in [5.74, 6) is -1.18. The summed E-state index contributed by atoms with van der Waals surface area (Å²) in [4.78, 5) is 21.3. The largest absolute Gasteiger partial charge is 0.480 e. The minimum Gasteiger partial charge on any atom is -0.480 e. The highest BCUT2D eigenvalue weighted by atomic mass is 16.5. The normalized spacial score (nSPS) is 11.5. The third-order valence-corrected chi connectivity index (χ3v) is 1.30. The number of alkyl carbamates (subject to hydrolysis) is 1. The number of amides is 1. The molecule has 0 heterocycles. The number of nitrogens with one attached hydrogen (secondary N) is 1. The Kier molecular flexibility index (Phi) is 6.13. The Morgan fingerprint density at radius 2 is 2.29 bits per heavy atom. The second kappa shape index (κ2) is 6.90. The smallest absolute Gasteiger partial charge is 0.407 e. The van der Waals surface area contributed by atoms with Gasteiger partial charge >= 0.3 is 12.1 Å². The molecule has 1 amide bonds. The van der Waals surface area contributed by atoms with Crippen LogP contribution in [0.5, 0.6) is 0 Å². The van der Waals surface area contributed by atoms with Gasteiger partial charge in [0.2, 0.25) is 0 Å². The van der Waals surface area contributed by atoms with E-state index in [-0.39, 0.29) is 13.2 Å². The highest BCUT2D eigenvalue weighted by Gasteiger charge is 2.19. The average Bonchev–Trinajstić information content (AvgIpc) is 2.16. The Morgan fingerprint density at radius 1 is 1.64 bits per heavy atom. The lowest BCUT2D eigenvalue weighted by Crippen LogP contribution is -2.43. The third-order valence-electron chi connectivity index (χ3n) is 1.30. The fraction of sp³-hybridized carbons (Fsp3) is 0.500. The molecular weight excluding hydrogens is 190 g/mol. The predicted octanol–water partition coefficient (Wildman–Crippen LogP) is -0.00180. The van der Waals surface area contributed by atoms with Gasteiger partial charge in [-0.15, -0.1) is 6.58 Å². The van der Waals surface area contributed by atoms with E-state index in [4.69, 9.17) is 9.84 Å². The van der Waals surface area contributed by atoms with Crippen LogP contribution in [-0.4, -0.2) is 43.5 Å². The van der Waals surface area contributed by atoms with E-state index in [1.807, 2.05) is 0 Å². The molecule has 1 atom stereocenters. The summed E-state index contributed by atoms with van der Waals surface area (Å²) < 4.78 is 9.13. The van der Waals surface area contributed by atoms with Crippen LogP contribution in [0.1, 0.15) is 0 Å². The predicted molar refractivity (Wildman–Crippen MR) is 48.0 cm³/mol. The van der Waals surface area contributed by atoms with Gasteiger partial charge in [-0.05, 0) is 0 Å². The molecule has 0 spiro atoms. The number of hydrogen-bond donors (Lipinski definition) is 2. The molecule has 6 heteroatoms. The number of carboxylic acids is 1. The summed E-state index contributed by atoms with van der Waals surface area (Å²) in [6.07, 6.45) is 0.677.